The van der Waals surface area contributed by atoms with E-state index in [4.69, 9.17) is 14.2 Å². The van der Waals surface area contributed by atoms with E-state index >= 15 is 0 Å². The first-order valence-corrected chi connectivity index (χ1v) is 6.36. The molecule has 0 bridgehead atoms. The van der Waals surface area contributed by atoms with E-state index < -0.39 is 0 Å². The van der Waals surface area contributed by atoms with Gasteiger partial charge < -0.3 is 19.5 Å². The quantitative estimate of drug-likeness (QED) is 0.739. The minimum Gasteiger partial charge on any atom is -0.492 e. The van der Waals surface area contributed by atoms with E-state index in [-0.39, 0.29) is 5.91 Å². The van der Waals surface area contributed by atoms with Crippen molar-refractivity contribution >= 4 is 5.91 Å². The minimum atomic E-state index is -0.0538. The zero-order valence-electron chi connectivity index (χ0n) is 12.2. The van der Waals surface area contributed by atoms with Gasteiger partial charge in [-0.15, -0.1) is 0 Å². The van der Waals surface area contributed by atoms with Crippen molar-refractivity contribution in [3.8, 4) is 17.2 Å². The number of carbonyl (C=O) groups is 1. The molecule has 0 aromatic heterocycles. The number of amides is 1. The highest BCUT2D eigenvalue weighted by molar-refractivity contribution is 5.72. The van der Waals surface area contributed by atoms with Crippen molar-refractivity contribution < 1.29 is 19.0 Å². The Balaban J connectivity index is 2.95. The monoisotopic (exact) mass is 279 g/mol. The van der Waals surface area contributed by atoms with Gasteiger partial charge in [0.25, 0.3) is 0 Å². The average Bonchev–Trinajstić information content (AvgIpc) is 2.44. The van der Waals surface area contributed by atoms with Gasteiger partial charge in [0, 0.05) is 19.0 Å². The molecule has 0 saturated heterocycles. The second-order valence-corrected chi connectivity index (χ2v) is 4.12. The van der Waals surface area contributed by atoms with Crippen LogP contribution in [0.25, 0.3) is 0 Å². The molecule has 0 aliphatic carbocycles. The van der Waals surface area contributed by atoms with Crippen molar-refractivity contribution in [2.45, 2.75) is 13.3 Å². The number of nitrogens with one attached hydrogen (secondary N) is 1. The molecular weight excluding hydrogens is 258 g/mol. The van der Waals surface area contributed by atoms with Crippen LogP contribution in [0.5, 0.6) is 17.2 Å². The summed E-state index contributed by atoms with van der Waals surface area (Å²) in [5.74, 6) is 1.73. The van der Waals surface area contributed by atoms with Gasteiger partial charge in [-0.3, -0.25) is 4.79 Å². The summed E-state index contributed by atoms with van der Waals surface area (Å²) >= 11 is 0. The molecule has 0 radical (unpaired) electrons. The van der Waals surface area contributed by atoms with E-state index in [1.165, 1.54) is 6.92 Å². The third kappa shape index (κ3) is 4.19. The van der Waals surface area contributed by atoms with E-state index in [0.29, 0.717) is 36.8 Å². The smallest absolute Gasteiger partial charge is 0.216 e. The second-order valence-electron chi connectivity index (χ2n) is 4.12. The molecule has 1 amide bonds. The molecule has 0 fully saturated rings. The lowest BCUT2D eigenvalue weighted by molar-refractivity contribution is -0.118. The molecule has 5 heteroatoms. The predicted octanol–water partition coefficient (Wildman–Crippen LogP) is 1.95. The van der Waals surface area contributed by atoms with Gasteiger partial charge in [0.1, 0.15) is 6.61 Å². The summed E-state index contributed by atoms with van der Waals surface area (Å²) < 4.78 is 16.3. The number of hydrogen-bond donors (Lipinski definition) is 1. The van der Waals surface area contributed by atoms with Crippen LogP contribution in [-0.4, -0.2) is 33.3 Å². The lowest BCUT2D eigenvalue weighted by atomic mass is 10.1. The Morgan fingerprint density at radius 3 is 2.55 bits per heavy atom. The number of hydrogen-bond acceptors (Lipinski definition) is 4. The first kappa shape index (κ1) is 15.9. The van der Waals surface area contributed by atoms with Crippen molar-refractivity contribution in [2.75, 3.05) is 27.4 Å². The Labute approximate surface area is 119 Å². The van der Waals surface area contributed by atoms with E-state index in [1.807, 2.05) is 12.1 Å². The third-order valence-corrected chi connectivity index (χ3v) is 2.69. The molecule has 110 valence electrons. The summed E-state index contributed by atoms with van der Waals surface area (Å²) in [6.07, 6.45) is 2.32. The summed E-state index contributed by atoms with van der Waals surface area (Å²) in [4.78, 5) is 10.9. The topological polar surface area (TPSA) is 56.8 Å². The van der Waals surface area contributed by atoms with Gasteiger partial charge in [0.05, 0.1) is 14.2 Å². The van der Waals surface area contributed by atoms with Crippen molar-refractivity contribution in [1.82, 2.24) is 5.32 Å². The van der Waals surface area contributed by atoms with Crippen molar-refractivity contribution in [3.63, 3.8) is 0 Å². The second kappa shape index (κ2) is 8.09. The van der Waals surface area contributed by atoms with E-state index in [2.05, 4.69) is 11.9 Å². The van der Waals surface area contributed by atoms with Gasteiger partial charge in [0.15, 0.2) is 11.5 Å². The fraction of sp³-hybridized carbons (Fsp3) is 0.400. The van der Waals surface area contributed by atoms with Crippen LogP contribution >= 0.6 is 0 Å². The standard InChI is InChI=1S/C15H21NO4/c1-5-10-20-13-7-6-12(8-9-16-11(2)17)14(18-3)15(13)19-4/h5-7H,1,8-10H2,2-4H3,(H,16,17). The van der Waals surface area contributed by atoms with Gasteiger partial charge in [0.2, 0.25) is 11.7 Å². The van der Waals surface area contributed by atoms with Crippen LogP contribution in [-0.2, 0) is 11.2 Å². The van der Waals surface area contributed by atoms with Crippen molar-refractivity contribution in [2.24, 2.45) is 0 Å². The van der Waals surface area contributed by atoms with E-state index in [0.717, 1.165) is 5.56 Å². The molecule has 0 spiro atoms. The summed E-state index contributed by atoms with van der Waals surface area (Å²) in [5.41, 5.74) is 0.948. The first-order valence-electron chi connectivity index (χ1n) is 6.36. The lowest BCUT2D eigenvalue weighted by Crippen LogP contribution is -2.22. The Kier molecular flexibility index (Phi) is 6.43. The predicted molar refractivity (Wildman–Crippen MR) is 77.6 cm³/mol. The maximum atomic E-state index is 10.9. The highest BCUT2D eigenvalue weighted by atomic mass is 16.5. The summed E-state index contributed by atoms with van der Waals surface area (Å²) in [5, 5.41) is 2.75. The Morgan fingerprint density at radius 2 is 2.00 bits per heavy atom. The number of ether oxygens (including phenoxy) is 3. The van der Waals surface area contributed by atoms with Crippen LogP contribution in [0.3, 0.4) is 0 Å². The molecule has 0 heterocycles. The molecule has 5 nitrogen and oxygen atoms in total. The maximum Gasteiger partial charge on any atom is 0.216 e. The Morgan fingerprint density at radius 1 is 1.30 bits per heavy atom. The van der Waals surface area contributed by atoms with Crippen LogP contribution in [0, 0.1) is 0 Å². The Hall–Kier alpha value is -2.17. The normalized spacial score (nSPS) is 9.75. The summed E-state index contributed by atoms with van der Waals surface area (Å²) in [7, 11) is 3.15. The Bertz CT molecular complexity index is 471. The molecule has 1 aromatic carbocycles. The van der Waals surface area contributed by atoms with Gasteiger partial charge in [-0.1, -0.05) is 18.7 Å². The zero-order chi connectivity index (χ0) is 15.0. The summed E-state index contributed by atoms with van der Waals surface area (Å²) in [6.45, 7) is 6.04. The minimum absolute atomic E-state index is 0.0538. The fourth-order valence-electron chi connectivity index (χ4n) is 1.83. The molecule has 1 N–H and O–H groups in total. The zero-order valence-corrected chi connectivity index (χ0v) is 12.2. The number of rotatable bonds is 8. The van der Waals surface area contributed by atoms with Crippen LogP contribution < -0.4 is 19.5 Å². The van der Waals surface area contributed by atoms with Crippen LogP contribution in [0.15, 0.2) is 24.8 Å². The highest BCUT2D eigenvalue weighted by Gasteiger charge is 2.15. The average molecular weight is 279 g/mol. The van der Waals surface area contributed by atoms with Crippen molar-refractivity contribution in [1.29, 1.82) is 0 Å². The molecule has 20 heavy (non-hydrogen) atoms. The SMILES string of the molecule is C=CCOc1ccc(CCNC(C)=O)c(OC)c1OC. The van der Waals surface area contributed by atoms with Crippen LogP contribution in [0.4, 0.5) is 0 Å². The molecule has 1 rings (SSSR count). The first-order chi connectivity index (χ1) is 9.63. The van der Waals surface area contributed by atoms with Gasteiger partial charge in [-0.25, -0.2) is 0 Å². The lowest BCUT2D eigenvalue weighted by Gasteiger charge is -2.16. The molecule has 0 saturated carbocycles. The largest absolute Gasteiger partial charge is 0.492 e. The number of benzene rings is 1. The molecule has 1 aromatic rings. The van der Waals surface area contributed by atoms with Crippen LogP contribution in [0.1, 0.15) is 12.5 Å². The van der Waals surface area contributed by atoms with Crippen molar-refractivity contribution in [3.05, 3.63) is 30.4 Å². The molecular formula is C15H21NO4. The maximum absolute atomic E-state index is 10.9. The van der Waals surface area contributed by atoms with E-state index in [9.17, 15) is 4.79 Å². The molecule has 0 atom stereocenters. The highest BCUT2D eigenvalue weighted by Crippen LogP contribution is 2.40. The fourth-order valence-corrected chi connectivity index (χ4v) is 1.83. The van der Waals surface area contributed by atoms with Gasteiger partial charge in [-0.2, -0.15) is 0 Å². The van der Waals surface area contributed by atoms with Gasteiger partial charge >= 0.3 is 0 Å². The van der Waals surface area contributed by atoms with E-state index in [1.54, 1.807) is 20.3 Å². The molecule has 0 aliphatic rings. The molecule has 0 aliphatic heterocycles. The molecule has 0 unspecified atom stereocenters. The van der Waals surface area contributed by atoms with Gasteiger partial charge in [-0.05, 0) is 12.5 Å². The third-order valence-electron chi connectivity index (χ3n) is 2.69. The summed E-state index contributed by atoms with van der Waals surface area (Å²) in [6, 6.07) is 3.73. The number of methoxy groups -OCH3 is 2. The van der Waals surface area contributed by atoms with Crippen LogP contribution in [0.2, 0.25) is 0 Å². The number of carbonyl (C=O) groups excluding carboxylic acids is 1.